The SMILES string of the molecule is Cc1cc(F)ccc1[C@@H]1CN(C(=O)Cn2cnnn2)CC[C@H]1C(=O)N(C)Cc1cc(C(F)(F)F)cc(C(F)(F)F)c1. The van der Waals surface area contributed by atoms with Crippen LogP contribution in [0.2, 0.25) is 0 Å². The van der Waals surface area contributed by atoms with Gasteiger partial charge in [-0.15, -0.1) is 5.10 Å². The van der Waals surface area contributed by atoms with Crippen LogP contribution >= 0.6 is 0 Å². The Bertz CT molecular complexity index is 1380. The number of amides is 2. The van der Waals surface area contributed by atoms with E-state index in [4.69, 9.17) is 0 Å². The number of piperidine rings is 1. The first-order valence-electron chi connectivity index (χ1n) is 12.4. The van der Waals surface area contributed by atoms with E-state index in [0.717, 1.165) is 4.90 Å². The second-order valence-electron chi connectivity index (χ2n) is 9.96. The van der Waals surface area contributed by atoms with Crippen molar-refractivity contribution in [3.8, 4) is 0 Å². The third kappa shape index (κ3) is 7.00. The molecule has 2 heterocycles. The van der Waals surface area contributed by atoms with Gasteiger partial charge in [0.05, 0.1) is 11.1 Å². The lowest BCUT2D eigenvalue weighted by Crippen LogP contribution is -2.48. The van der Waals surface area contributed by atoms with E-state index >= 15 is 0 Å². The number of aryl methyl sites for hydroxylation is 1. The lowest BCUT2D eigenvalue weighted by molar-refractivity contribution is -0.143. The fraction of sp³-hybridized carbons (Fsp3) is 0.423. The molecule has 0 radical (unpaired) electrons. The maximum atomic E-state index is 13.9. The average Bonchev–Trinajstić information content (AvgIpc) is 3.40. The molecule has 8 nitrogen and oxygen atoms in total. The zero-order valence-corrected chi connectivity index (χ0v) is 21.9. The van der Waals surface area contributed by atoms with Crippen LogP contribution in [0, 0.1) is 18.7 Å². The maximum absolute atomic E-state index is 13.9. The van der Waals surface area contributed by atoms with Crippen LogP contribution in [0.1, 0.15) is 40.2 Å². The van der Waals surface area contributed by atoms with Gasteiger partial charge in [0, 0.05) is 38.5 Å². The van der Waals surface area contributed by atoms with E-state index in [1.807, 2.05) is 0 Å². The minimum atomic E-state index is -5.02. The molecule has 1 aromatic heterocycles. The van der Waals surface area contributed by atoms with Crippen LogP contribution in [0.3, 0.4) is 0 Å². The summed E-state index contributed by atoms with van der Waals surface area (Å²) in [5.41, 5.74) is -2.17. The molecule has 0 unspecified atom stereocenters. The second kappa shape index (κ2) is 11.4. The number of halogens is 7. The van der Waals surface area contributed by atoms with Crippen molar-refractivity contribution < 1.29 is 40.3 Å². The van der Waals surface area contributed by atoms with Crippen LogP contribution in [0.4, 0.5) is 30.7 Å². The highest BCUT2D eigenvalue weighted by atomic mass is 19.4. The Kier molecular flexibility index (Phi) is 8.36. The van der Waals surface area contributed by atoms with Crippen LogP contribution < -0.4 is 0 Å². The third-order valence-corrected chi connectivity index (χ3v) is 7.05. The number of alkyl halides is 6. The molecule has 15 heteroatoms. The Morgan fingerprint density at radius 1 is 1.02 bits per heavy atom. The molecule has 3 aromatic rings. The lowest BCUT2D eigenvalue weighted by Gasteiger charge is -2.40. The molecule has 2 aromatic carbocycles. The highest BCUT2D eigenvalue weighted by Crippen LogP contribution is 2.38. The van der Waals surface area contributed by atoms with Gasteiger partial charge in [-0.25, -0.2) is 9.07 Å². The van der Waals surface area contributed by atoms with Gasteiger partial charge in [-0.05, 0) is 70.8 Å². The summed E-state index contributed by atoms with van der Waals surface area (Å²) < 4.78 is 95.1. The van der Waals surface area contributed by atoms with Crippen molar-refractivity contribution in [3.63, 3.8) is 0 Å². The Balaban J connectivity index is 1.60. The molecule has 1 fully saturated rings. The van der Waals surface area contributed by atoms with E-state index in [0.29, 0.717) is 23.3 Å². The van der Waals surface area contributed by atoms with Gasteiger partial charge in [0.2, 0.25) is 11.8 Å². The summed E-state index contributed by atoms with van der Waals surface area (Å²) in [7, 11) is 1.29. The largest absolute Gasteiger partial charge is 0.416 e. The predicted molar refractivity (Wildman–Crippen MR) is 129 cm³/mol. The molecule has 1 saturated heterocycles. The molecule has 1 aliphatic heterocycles. The number of hydrogen-bond donors (Lipinski definition) is 0. The van der Waals surface area contributed by atoms with Gasteiger partial charge in [-0.3, -0.25) is 9.59 Å². The zero-order chi connectivity index (χ0) is 30.1. The molecule has 0 saturated carbocycles. The highest BCUT2D eigenvalue weighted by molar-refractivity contribution is 5.81. The number of tetrazole rings is 1. The number of benzene rings is 2. The van der Waals surface area contributed by atoms with Crippen LogP contribution in [0.5, 0.6) is 0 Å². The lowest BCUT2D eigenvalue weighted by atomic mass is 9.78. The van der Waals surface area contributed by atoms with Crippen molar-refractivity contribution in [2.75, 3.05) is 20.1 Å². The number of carbonyl (C=O) groups is 2. The van der Waals surface area contributed by atoms with Crippen molar-refractivity contribution in [1.29, 1.82) is 0 Å². The number of carbonyl (C=O) groups excluding carboxylic acids is 2. The highest BCUT2D eigenvalue weighted by Gasteiger charge is 2.40. The molecule has 0 bridgehead atoms. The van der Waals surface area contributed by atoms with E-state index in [9.17, 15) is 40.3 Å². The number of likely N-dealkylation sites (tertiary alicyclic amines) is 1. The molecule has 2 amide bonds. The standard InChI is InChI=1S/C26H25F7N6O2/c1-15-7-19(27)3-4-20(15)22-12-38(23(40)13-39-14-34-35-36-39)6-5-21(22)24(41)37(2)11-16-8-17(25(28,29)30)10-18(9-16)26(31,32)33/h3-4,7-10,14,21-22H,5-6,11-13H2,1-2H3/t21-,22+/m1/s1. The first kappa shape index (κ1) is 29.9. The Morgan fingerprint density at radius 2 is 1.68 bits per heavy atom. The van der Waals surface area contributed by atoms with Gasteiger partial charge >= 0.3 is 12.4 Å². The molecule has 0 aliphatic carbocycles. The van der Waals surface area contributed by atoms with Crippen LogP contribution in [0.25, 0.3) is 0 Å². The van der Waals surface area contributed by atoms with Gasteiger partial charge < -0.3 is 9.80 Å². The van der Waals surface area contributed by atoms with Crippen molar-refractivity contribution in [2.24, 2.45) is 5.92 Å². The second-order valence-corrected chi connectivity index (χ2v) is 9.96. The smallest absolute Gasteiger partial charge is 0.341 e. The molecule has 4 rings (SSSR count). The molecule has 0 N–H and O–H groups in total. The monoisotopic (exact) mass is 586 g/mol. The van der Waals surface area contributed by atoms with E-state index in [2.05, 4.69) is 15.5 Å². The van der Waals surface area contributed by atoms with Crippen molar-refractivity contribution >= 4 is 11.8 Å². The zero-order valence-electron chi connectivity index (χ0n) is 21.9. The number of hydrogen-bond acceptors (Lipinski definition) is 5. The summed E-state index contributed by atoms with van der Waals surface area (Å²) in [6, 6.07) is 5.20. The molecule has 1 aliphatic rings. The summed E-state index contributed by atoms with van der Waals surface area (Å²) in [6.45, 7) is 1.20. The maximum Gasteiger partial charge on any atom is 0.416 e. The first-order valence-corrected chi connectivity index (χ1v) is 12.4. The number of aromatic nitrogens is 4. The third-order valence-electron chi connectivity index (χ3n) is 7.05. The number of nitrogens with zero attached hydrogens (tertiary/aromatic N) is 6. The molecule has 2 atom stereocenters. The van der Waals surface area contributed by atoms with E-state index in [1.54, 1.807) is 6.92 Å². The Morgan fingerprint density at radius 3 is 2.24 bits per heavy atom. The van der Waals surface area contributed by atoms with Crippen LogP contribution in [-0.2, 0) is 35.0 Å². The summed E-state index contributed by atoms with van der Waals surface area (Å²) >= 11 is 0. The van der Waals surface area contributed by atoms with Gasteiger partial charge in [0.1, 0.15) is 18.7 Å². The van der Waals surface area contributed by atoms with Gasteiger partial charge in [0.15, 0.2) is 0 Å². The molecule has 41 heavy (non-hydrogen) atoms. The Labute approximate surface area is 229 Å². The van der Waals surface area contributed by atoms with Crippen LogP contribution in [-0.4, -0.2) is 62.0 Å². The topological polar surface area (TPSA) is 84.2 Å². The average molecular weight is 587 g/mol. The minimum absolute atomic E-state index is 0.0285. The number of rotatable bonds is 6. The fourth-order valence-electron chi connectivity index (χ4n) is 5.08. The predicted octanol–water partition coefficient (Wildman–Crippen LogP) is 4.45. The molecular formula is C26H25F7N6O2. The summed E-state index contributed by atoms with van der Waals surface area (Å²) in [5.74, 6) is -2.76. The van der Waals surface area contributed by atoms with Crippen molar-refractivity contribution in [2.45, 2.75) is 44.7 Å². The van der Waals surface area contributed by atoms with Gasteiger partial charge in [-0.1, -0.05) is 6.07 Å². The first-order chi connectivity index (χ1) is 19.1. The molecule has 220 valence electrons. The van der Waals surface area contributed by atoms with Gasteiger partial charge in [0.25, 0.3) is 0 Å². The van der Waals surface area contributed by atoms with E-state index in [1.165, 1.54) is 41.2 Å². The van der Waals surface area contributed by atoms with E-state index in [-0.39, 0.29) is 43.6 Å². The molecular weight excluding hydrogens is 561 g/mol. The minimum Gasteiger partial charge on any atom is -0.341 e. The van der Waals surface area contributed by atoms with Gasteiger partial charge in [-0.2, -0.15) is 26.3 Å². The molecule has 0 spiro atoms. The van der Waals surface area contributed by atoms with Crippen molar-refractivity contribution in [3.05, 3.63) is 76.4 Å². The summed E-state index contributed by atoms with van der Waals surface area (Å²) in [6.07, 6.45) is -8.62. The fourth-order valence-corrected chi connectivity index (χ4v) is 5.08. The van der Waals surface area contributed by atoms with E-state index < -0.39 is 53.6 Å². The summed E-state index contributed by atoms with van der Waals surface area (Å²) in [4.78, 5) is 29.2. The Hall–Kier alpha value is -4.04. The quantitative estimate of drug-likeness (QED) is 0.399. The van der Waals surface area contributed by atoms with Crippen molar-refractivity contribution in [1.82, 2.24) is 30.0 Å². The van der Waals surface area contributed by atoms with Crippen LogP contribution in [0.15, 0.2) is 42.7 Å². The summed E-state index contributed by atoms with van der Waals surface area (Å²) in [5, 5.41) is 10.6. The normalized spacial score (nSPS) is 17.9.